The Balaban J connectivity index is 1.61. The van der Waals surface area contributed by atoms with Crippen LogP contribution in [0.25, 0.3) is 10.9 Å². The average Bonchev–Trinajstić information content (AvgIpc) is 2.79. The molecule has 5 nitrogen and oxygen atoms in total. The van der Waals surface area contributed by atoms with E-state index in [1.165, 1.54) is 12.1 Å². The number of nitrogens with one attached hydrogen (secondary N) is 1. The highest BCUT2D eigenvalue weighted by Gasteiger charge is 2.35. The molecule has 0 radical (unpaired) electrons. The first kappa shape index (κ1) is 23.6. The molecule has 1 N–H and O–H groups in total. The number of anilines is 1. The van der Waals surface area contributed by atoms with Gasteiger partial charge in [-0.1, -0.05) is 60.8 Å². The van der Waals surface area contributed by atoms with Crippen LogP contribution >= 0.6 is 23.4 Å². The number of carbonyl (C=O) groups is 1. The minimum absolute atomic E-state index is 0.0192. The minimum Gasteiger partial charge on any atom is -0.324 e. The number of thioether (sulfide) groups is 1. The Kier molecular flexibility index (Phi) is 6.99. The number of hydrogen-bond acceptors (Lipinski definition) is 4. The standard InChI is InChI=1S/C23H21ClF3N3O2S/c24-17-11-6-10-16(23(25,26)27)20(17)29-19(31)13-33-22-28-18-12-5-4-9-15(18)21(32)30(22)14-7-2-1-3-8-14/h4-6,9-12,14H,1-3,7-8,13H2,(H,29,31). The van der Waals surface area contributed by atoms with E-state index in [1.807, 2.05) is 0 Å². The molecule has 1 heterocycles. The van der Waals surface area contributed by atoms with Gasteiger partial charge in [-0.15, -0.1) is 0 Å². The summed E-state index contributed by atoms with van der Waals surface area (Å²) in [6.45, 7) is 0. The van der Waals surface area contributed by atoms with Crippen molar-refractivity contribution in [2.24, 2.45) is 0 Å². The van der Waals surface area contributed by atoms with Gasteiger partial charge in [0.05, 0.1) is 32.9 Å². The van der Waals surface area contributed by atoms with E-state index in [1.54, 1.807) is 28.8 Å². The van der Waals surface area contributed by atoms with Crippen LogP contribution < -0.4 is 10.9 Å². The van der Waals surface area contributed by atoms with Crippen molar-refractivity contribution in [1.82, 2.24) is 9.55 Å². The van der Waals surface area contributed by atoms with E-state index < -0.39 is 23.3 Å². The number of benzene rings is 2. The molecule has 0 spiro atoms. The van der Waals surface area contributed by atoms with Crippen molar-refractivity contribution in [3.63, 3.8) is 0 Å². The van der Waals surface area contributed by atoms with E-state index in [2.05, 4.69) is 10.3 Å². The molecule has 4 rings (SSSR count). The lowest BCUT2D eigenvalue weighted by Crippen LogP contribution is -2.29. The van der Waals surface area contributed by atoms with Gasteiger partial charge in [-0.3, -0.25) is 14.2 Å². The van der Waals surface area contributed by atoms with Crippen LogP contribution in [0.4, 0.5) is 18.9 Å². The van der Waals surface area contributed by atoms with Gasteiger partial charge in [-0.25, -0.2) is 4.98 Å². The number of halogens is 4. The maximum absolute atomic E-state index is 13.3. The highest BCUT2D eigenvalue weighted by molar-refractivity contribution is 7.99. The number of nitrogens with zero attached hydrogens (tertiary/aromatic N) is 2. The Labute approximate surface area is 197 Å². The van der Waals surface area contributed by atoms with Crippen molar-refractivity contribution in [3.05, 3.63) is 63.4 Å². The fourth-order valence-electron chi connectivity index (χ4n) is 4.08. The van der Waals surface area contributed by atoms with E-state index in [9.17, 15) is 22.8 Å². The van der Waals surface area contributed by atoms with Crippen LogP contribution in [0, 0.1) is 0 Å². The first-order chi connectivity index (χ1) is 15.8. The van der Waals surface area contributed by atoms with Crippen molar-refractivity contribution in [2.45, 2.75) is 49.5 Å². The van der Waals surface area contributed by atoms with Gasteiger partial charge < -0.3 is 5.32 Å². The fraction of sp³-hybridized carbons (Fsp3) is 0.348. The van der Waals surface area contributed by atoms with Crippen LogP contribution in [0.1, 0.15) is 43.7 Å². The number of carbonyl (C=O) groups excluding carboxylic acids is 1. The molecule has 174 valence electrons. The summed E-state index contributed by atoms with van der Waals surface area (Å²) in [4.78, 5) is 30.4. The van der Waals surface area contributed by atoms with Crippen molar-refractivity contribution in [2.75, 3.05) is 11.1 Å². The molecule has 33 heavy (non-hydrogen) atoms. The highest BCUT2D eigenvalue weighted by atomic mass is 35.5. The van der Waals surface area contributed by atoms with Crippen molar-refractivity contribution >= 4 is 45.9 Å². The second-order valence-electron chi connectivity index (χ2n) is 7.88. The normalized spacial score (nSPS) is 15.0. The summed E-state index contributed by atoms with van der Waals surface area (Å²) in [5, 5.41) is 2.96. The molecule has 1 saturated carbocycles. The van der Waals surface area contributed by atoms with E-state index in [-0.39, 0.29) is 22.4 Å². The number of alkyl halides is 3. The maximum atomic E-state index is 13.3. The Morgan fingerprint density at radius 3 is 2.58 bits per heavy atom. The molecular formula is C23H21ClF3N3O2S. The number of aromatic nitrogens is 2. The van der Waals surface area contributed by atoms with Crippen molar-refractivity contribution in [3.8, 4) is 0 Å². The molecule has 0 saturated heterocycles. The molecule has 0 unspecified atom stereocenters. The van der Waals surface area contributed by atoms with Gasteiger partial charge >= 0.3 is 6.18 Å². The summed E-state index contributed by atoms with van der Waals surface area (Å²) < 4.78 is 41.6. The molecule has 1 amide bonds. The summed E-state index contributed by atoms with van der Waals surface area (Å²) in [5.74, 6) is -0.892. The van der Waals surface area contributed by atoms with Crippen LogP contribution in [0.15, 0.2) is 52.4 Å². The third kappa shape index (κ3) is 5.19. The van der Waals surface area contributed by atoms with Gasteiger partial charge in [-0.2, -0.15) is 13.2 Å². The van der Waals surface area contributed by atoms with Gasteiger partial charge in [-0.05, 0) is 37.1 Å². The number of para-hydroxylation sites is 2. The Morgan fingerprint density at radius 2 is 1.85 bits per heavy atom. The molecule has 3 aromatic rings. The predicted octanol–water partition coefficient (Wildman–Crippen LogP) is 6.30. The lowest BCUT2D eigenvalue weighted by molar-refractivity contribution is -0.137. The molecule has 1 aliphatic carbocycles. The van der Waals surface area contributed by atoms with Crippen LogP contribution in [-0.4, -0.2) is 21.2 Å². The van der Waals surface area contributed by atoms with Crippen molar-refractivity contribution in [1.29, 1.82) is 0 Å². The molecule has 0 atom stereocenters. The molecule has 2 aromatic carbocycles. The van der Waals surface area contributed by atoms with Crippen LogP contribution in [-0.2, 0) is 11.0 Å². The molecule has 1 aromatic heterocycles. The summed E-state index contributed by atoms with van der Waals surface area (Å²) >= 11 is 6.96. The average molecular weight is 496 g/mol. The van der Waals surface area contributed by atoms with Crippen molar-refractivity contribution < 1.29 is 18.0 Å². The second kappa shape index (κ2) is 9.77. The number of rotatable bonds is 5. The Bertz CT molecular complexity index is 1240. The van der Waals surface area contributed by atoms with Crippen LogP contribution in [0.2, 0.25) is 5.02 Å². The Morgan fingerprint density at radius 1 is 1.12 bits per heavy atom. The molecular weight excluding hydrogens is 475 g/mol. The zero-order chi connectivity index (χ0) is 23.6. The largest absolute Gasteiger partial charge is 0.418 e. The van der Waals surface area contributed by atoms with Gasteiger partial charge in [0.25, 0.3) is 5.56 Å². The summed E-state index contributed by atoms with van der Waals surface area (Å²) in [6.07, 6.45) is 0.129. The molecule has 1 fully saturated rings. The lowest BCUT2D eigenvalue weighted by Gasteiger charge is -2.26. The molecule has 1 aliphatic rings. The number of fused-ring (bicyclic) bond motifs is 1. The van der Waals surface area contributed by atoms with E-state index >= 15 is 0 Å². The Hall–Kier alpha value is -2.52. The molecule has 0 aliphatic heterocycles. The zero-order valence-electron chi connectivity index (χ0n) is 17.5. The first-order valence-corrected chi connectivity index (χ1v) is 11.9. The summed E-state index contributed by atoms with van der Waals surface area (Å²) in [7, 11) is 0. The topological polar surface area (TPSA) is 64.0 Å². The quantitative estimate of drug-likeness (QED) is 0.333. The third-order valence-corrected chi connectivity index (χ3v) is 6.90. The number of hydrogen-bond donors (Lipinski definition) is 1. The number of amides is 1. The van der Waals surface area contributed by atoms with E-state index in [0.29, 0.717) is 16.1 Å². The van der Waals surface area contributed by atoms with Gasteiger partial charge in [0.1, 0.15) is 0 Å². The van der Waals surface area contributed by atoms with Gasteiger partial charge in [0.15, 0.2) is 5.16 Å². The lowest BCUT2D eigenvalue weighted by atomic mass is 9.95. The third-order valence-electron chi connectivity index (χ3n) is 5.63. The SMILES string of the molecule is O=C(CSc1nc2ccccc2c(=O)n1C1CCCCC1)Nc1c(Cl)cccc1C(F)(F)F. The minimum atomic E-state index is -4.66. The van der Waals surface area contributed by atoms with E-state index in [0.717, 1.165) is 49.9 Å². The zero-order valence-corrected chi connectivity index (χ0v) is 19.1. The predicted molar refractivity (Wildman–Crippen MR) is 124 cm³/mol. The smallest absolute Gasteiger partial charge is 0.324 e. The second-order valence-corrected chi connectivity index (χ2v) is 9.23. The summed E-state index contributed by atoms with van der Waals surface area (Å²) in [6, 6.07) is 10.3. The molecule has 0 bridgehead atoms. The monoisotopic (exact) mass is 495 g/mol. The van der Waals surface area contributed by atoms with Gasteiger partial charge in [0.2, 0.25) is 5.91 Å². The summed E-state index contributed by atoms with van der Waals surface area (Å²) in [5.41, 5.74) is -1.14. The first-order valence-electron chi connectivity index (χ1n) is 10.6. The van der Waals surface area contributed by atoms with Crippen LogP contribution in [0.5, 0.6) is 0 Å². The maximum Gasteiger partial charge on any atom is 0.418 e. The fourth-order valence-corrected chi connectivity index (χ4v) is 5.17. The van der Waals surface area contributed by atoms with Gasteiger partial charge in [0, 0.05) is 6.04 Å². The van der Waals surface area contributed by atoms with E-state index in [4.69, 9.17) is 11.6 Å². The highest BCUT2D eigenvalue weighted by Crippen LogP contribution is 2.38. The molecule has 10 heteroatoms. The van der Waals surface area contributed by atoms with Crippen LogP contribution in [0.3, 0.4) is 0 Å².